The van der Waals surface area contributed by atoms with E-state index in [1.807, 2.05) is 45.0 Å². The maximum atomic E-state index is 12.1. The van der Waals surface area contributed by atoms with E-state index < -0.39 is 0 Å². The van der Waals surface area contributed by atoms with Crippen LogP contribution >= 0.6 is 0 Å². The molecule has 0 fully saturated rings. The zero-order valence-corrected chi connectivity index (χ0v) is 15.1. The highest BCUT2D eigenvalue weighted by atomic mass is 16.2. The van der Waals surface area contributed by atoms with Crippen molar-refractivity contribution in [2.24, 2.45) is 5.41 Å². The Bertz CT molecular complexity index is 860. The van der Waals surface area contributed by atoms with Gasteiger partial charge in [0.25, 0.3) is 0 Å². The number of para-hydroxylation sites is 2. The monoisotopic (exact) mass is 335 g/mol. The Morgan fingerprint density at radius 3 is 2.44 bits per heavy atom. The first-order valence-corrected chi connectivity index (χ1v) is 8.71. The second kappa shape index (κ2) is 7.09. The van der Waals surface area contributed by atoms with E-state index in [4.69, 9.17) is 4.98 Å². The van der Waals surface area contributed by atoms with Crippen molar-refractivity contribution in [3.8, 4) is 0 Å². The van der Waals surface area contributed by atoms with Gasteiger partial charge < -0.3 is 9.88 Å². The lowest BCUT2D eigenvalue weighted by molar-refractivity contribution is -0.128. The third-order valence-corrected chi connectivity index (χ3v) is 4.23. The van der Waals surface area contributed by atoms with Gasteiger partial charge in [-0.15, -0.1) is 0 Å². The molecule has 0 spiro atoms. The molecule has 0 aliphatic heterocycles. The van der Waals surface area contributed by atoms with E-state index in [1.165, 1.54) is 5.56 Å². The first-order valence-electron chi connectivity index (χ1n) is 8.71. The van der Waals surface area contributed by atoms with Crippen LogP contribution in [0.3, 0.4) is 0 Å². The minimum atomic E-state index is -0.371. The molecule has 0 aliphatic carbocycles. The highest BCUT2D eigenvalue weighted by molar-refractivity contribution is 5.81. The molecule has 0 unspecified atom stereocenters. The number of amides is 1. The highest BCUT2D eigenvalue weighted by Crippen LogP contribution is 2.18. The molecule has 0 saturated carbocycles. The van der Waals surface area contributed by atoms with Crippen molar-refractivity contribution in [1.29, 1.82) is 0 Å². The number of fused-ring (bicyclic) bond motifs is 1. The van der Waals surface area contributed by atoms with Crippen molar-refractivity contribution in [1.82, 2.24) is 14.9 Å². The maximum absolute atomic E-state index is 12.1. The minimum Gasteiger partial charge on any atom is -0.355 e. The second-order valence-corrected chi connectivity index (χ2v) is 7.34. The summed E-state index contributed by atoms with van der Waals surface area (Å²) in [5.41, 5.74) is 2.99. The summed E-state index contributed by atoms with van der Waals surface area (Å²) in [6.07, 6.45) is 0.712. The Morgan fingerprint density at radius 2 is 1.72 bits per heavy atom. The molecule has 1 aromatic heterocycles. The van der Waals surface area contributed by atoms with E-state index in [1.54, 1.807) is 0 Å². The van der Waals surface area contributed by atoms with Crippen LogP contribution in [-0.2, 0) is 17.8 Å². The maximum Gasteiger partial charge on any atom is 0.225 e. The molecule has 4 nitrogen and oxygen atoms in total. The van der Waals surface area contributed by atoms with E-state index in [0.29, 0.717) is 13.0 Å². The fourth-order valence-corrected chi connectivity index (χ4v) is 2.81. The Labute approximate surface area is 148 Å². The predicted octanol–water partition coefficient (Wildman–Crippen LogP) is 3.79. The number of carbonyl (C=O) groups excluding carboxylic acids is 1. The number of benzene rings is 2. The molecule has 0 saturated heterocycles. The lowest BCUT2D eigenvalue weighted by Crippen LogP contribution is -2.36. The van der Waals surface area contributed by atoms with Crippen LogP contribution in [0.1, 0.15) is 32.2 Å². The first kappa shape index (κ1) is 17.2. The van der Waals surface area contributed by atoms with Gasteiger partial charge in [0.15, 0.2) is 0 Å². The average molecular weight is 335 g/mol. The minimum absolute atomic E-state index is 0.0678. The molecule has 2 aromatic carbocycles. The highest BCUT2D eigenvalue weighted by Gasteiger charge is 2.20. The molecule has 0 radical (unpaired) electrons. The van der Waals surface area contributed by atoms with E-state index >= 15 is 0 Å². The van der Waals surface area contributed by atoms with Crippen LogP contribution in [0.25, 0.3) is 11.0 Å². The number of rotatable bonds is 5. The van der Waals surface area contributed by atoms with Crippen molar-refractivity contribution in [3.05, 3.63) is 66.0 Å². The fourth-order valence-electron chi connectivity index (χ4n) is 2.81. The lowest BCUT2D eigenvalue weighted by Gasteiger charge is -2.17. The summed E-state index contributed by atoms with van der Waals surface area (Å²) in [7, 11) is 0. The summed E-state index contributed by atoms with van der Waals surface area (Å²) < 4.78 is 2.24. The molecule has 3 aromatic rings. The molecule has 0 atom stereocenters. The van der Waals surface area contributed by atoms with E-state index in [2.05, 4.69) is 40.2 Å². The summed E-state index contributed by atoms with van der Waals surface area (Å²) in [5.74, 6) is 1.07. The molecule has 0 aliphatic rings. The topological polar surface area (TPSA) is 46.9 Å². The van der Waals surface area contributed by atoms with Crippen molar-refractivity contribution < 1.29 is 4.79 Å². The van der Waals surface area contributed by atoms with Gasteiger partial charge in [0, 0.05) is 24.9 Å². The van der Waals surface area contributed by atoms with Gasteiger partial charge in [-0.05, 0) is 17.7 Å². The third kappa shape index (κ3) is 4.08. The number of aromatic nitrogens is 2. The second-order valence-electron chi connectivity index (χ2n) is 7.34. The van der Waals surface area contributed by atoms with Gasteiger partial charge in [-0.3, -0.25) is 4.79 Å². The van der Waals surface area contributed by atoms with Crippen LogP contribution in [0, 0.1) is 5.41 Å². The number of carbonyl (C=O) groups is 1. The Balaban J connectivity index is 1.82. The molecule has 0 bridgehead atoms. The smallest absolute Gasteiger partial charge is 0.225 e. The number of hydrogen-bond acceptors (Lipinski definition) is 2. The van der Waals surface area contributed by atoms with Gasteiger partial charge in [0.2, 0.25) is 5.91 Å². The van der Waals surface area contributed by atoms with Gasteiger partial charge in [0.05, 0.1) is 11.0 Å². The molecule has 130 valence electrons. The number of imidazole rings is 1. The third-order valence-electron chi connectivity index (χ3n) is 4.23. The Morgan fingerprint density at radius 1 is 1.04 bits per heavy atom. The zero-order chi connectivity index (χ0) is 17.9. The van der Waals surface area contributed by atoms with Gasteiger partial charge in [-0.1, -0.05) is 63.2 Å². The van der Waals surface area contributed by atoms with Crippen molar-refractivity contribution >= 4 is 16.9 Å². The van der Waals surface area contributed by atoms with Crippen LogP contribution in [0.4, 0.5) is 0 Å². The lowest BCUT2D eigenvalue weighted by atomic mass is 9.96. The van der Waals surface area contributed by atoms with Crippen molar-refractivity contribution in [2.75, 3.05) is 6.54 Å². The largest absolute Gasteiger partial charge is 0.355 e. The van der Waals surface area contributed by atoms with Crippen LogP contribution in [0.5, 0.6) is 0 Å². The molecule has 4 heteroatoms. The van der Waals surface area contributed by atoms with Crippen molar-refractivity contribution in [3.63, 3.8) is 0 Å². The average Bonchev–Trinajstić information content (AvgIpc) is 2.93. The first-order chi connectivity index (χ1) is 11.9. The van der Waals surface area contributed by atoms with Gasteiger partial charge >= 0.3 is 0 Å². The predicted molar refractivity (Wildman–Crippen MR) is 101 cm³/mol. The van der Waals surface area contributed by atoms with Gasteiger partial charge in [0.1, 0.15) is 5.82 Å². The van der Waals surface area contributed by atoms with E-state index in [0.717, 1.165) is 23.4 Å². The van der Waals surface area contributed by atoms with Crippen LogP contribution in [-0.4, -0.2) is 22.0 Å². The standard InChI is InChI=1S/C21H25N3O/c1-21(2,3)20(25)22-14-13-19-23-17-11-7-8-12-18(17)24(19)15-16-9-5-4-6-10-16/h4-12H,13-15H2,1-3H3,(H,22,25). The summed E-state index contributed by atoms with van der Waals surface area (Å²) in [6.45, 7) is 7.14. The normalized spacial score (nSPS) is 11.6. The summed E-state index contributed by atoms with van der Waals surface area (Å²) in [6, 6.07) is 18.6. The van der Waals surface area contributed by atoms with Gasteiger partial charge in [-0.2, -0.15) is 0 Å². The number of nitrogens with one attached hydrogen (secondary N) is 1. The number of hydrogen-bond donors (Lipinski definition) is 1. The molecule has 1 heterocycles. The summed E-state index contributed by atoms with van der Waals surface area (Å²) >= 11 is 0. The molecule has 1 amide bonds. The SMILES string of the molecule is CC(C)(C)C(=O)NCCc1nc2ccccc2n1Cc1ccccc1. The Kier molecular flexibility index (Phi) is 4.88. The molecular formula is C21H25N3O. The number of nitrogens with zero attached hydrogens (tertiary/aromatic N) is 2. The summed E-state index contributed by atoms with van der Waals surface area (Å²) in [5, 5.41) is 3.01. The molecule has 3 rings (SSSR count). The van der Waals surface area contributed by atoms with E-state index in [-0.39, 0.29) is 11.3 Å². The quantitative estimate of drug-likeness (QED) is 0.771. The molecular weight excluding hydrogens is 310 g/mol. The molecule has 1 N–H and O–H groups in total. The Hall–Kier alpha value is -2.62. The molecule has 25 heavy (non-hydrogen) atoms. The zero-order valence-electron chi connectivity index (χ0n) is 15.1. The summed E-state index contributed by atoms with van der Waals surface area (Å²) in [4.78, 5) is 16.8. The van der Waals surface area contributed by atoms with Crippen LogP contribution < -0.4 is 5.32 Å². The fraction of sp³-hybridized carbons (Fsp3) is 0.333. The van der Waals surface area contributed by atoms with E-state index in [9.17, 15) is 4.79 Å². The van der Waals surface area contributed by atoms with Gasteiger partial charge in [-0.25, -0.2) is 4.98 Å². The van der Waals surface area contributed by atoms with Crippen LogP contribution in [0.15, 0.2) is 54.6 Å². The van der Waals surface area contributed by atoms with Crippen LogP contribution in [0.2, 0.25) is 0 Å². The van der Waals surface area contributed by atoms with Crippen molar-refractivity contribution in [2.45, 2.75) is 33.7 Å².